The molecule has 144 valence electrons. The third kappa shape index (κ3) is 4.53. The molecule has 0 fully saturated rings. The lowest BCUT2D eigenvalue weighted by atomic mass is 10.2. The fraction of sp³-hybridized carbons (Fsp3) is 0.200. The molecule has 28 heavy (non-hydrogen) atoms. The molecule has 0 saturated heterocycles. The summed E-state index contributed by atoms with van der Waals surface area (Å²) in [5, 5.41) is 15.0. The molecule has 0 radical (unpaired) electrons. The number of aryl methyl sites for hydroxylation is 1. The van der Waals surface area contributed by atoms with Gasteiger partial charge in [0.15, 0.2) is 5.69 Å². The minimum Gasteiger partial charge on any atom is -0.492 e. The Hall–Kier alpha value is -3.68. The van der Waals surface area contributed by atoms with Crippen LogP contribution in [0.15, 0.2) is 60.8 Å². The zero-order chi connectivity index (χ0) is 20.1. The van der Waals surface area contributed by atoms with Gasteiger partial charge in [0, 0.05) is 25.4 Å². The molecule has 0 bridgehead atoms. The summed E-state index contributed by atoms with van der Waals surface area (Å²) in [4.78, 5) is 24.3. The number of aromatic nitrogens is 2. The zero-order valence-corrected chi connectivity index (χ0v) is 15.6. The molecule has 8 nitrogen and oxygen atoms in total. The number of hydrogen-bond acceptors (Lipinski definition) is 5. The first-order chi connectivity index (χ1) is 13.4. The van der Waals surface area contributed by atoms with Crippen LogP contribution in [0.2, 0.25) is 0 Å². The summed E-state index contributed by atoms with van der Waals surface area (Å²) in [5.41, 5.74) is 2.08. The maximum Gasteiger partial charge on any atom is 0.274 e. The number of benzene rings is 2. The average molecular weight is 380 g/mol. The van der Waals surface area contributed by atoms with E-state index in [4.69, 9.17) is 4.74 Å². The van der Waals surface area contributed by atoms with Crippen molar-refractivity contribution in [2.75, 3.05) is 20.2 Å². The van der Waals surface area contributed by atoms with Gasteiger partial charge in [-0.2, -0.15) is 5.10 Å². The van der Waals surface area contributed by atoms with E-state index >= 15 is 0 Å². The number of likely N-dealkylation sites (N-methyl/N-ethyl adjacent to an activating group) is 1. The third-order valence-corrected chi connectivity index (χ3v) is 4.20. The largest absolute Gasteiger partial charge is 0.492 e. The van der Waals surface area contributed by atoms with E-state index in [-0.39, 0.29) is 17.3 Å². The van der Waals surface area contributed by atoms with Gasteiger partial charge in [-0.05, 0) is 37.3 Å². The van der Waals surface area contributed by atoms with Crippen LogP contribution in [0.4, 0.5) is 5.69 Å². The van der Waals surface area contributed by atoms with Gasteiger partial charge < -0.3 is 9.64 Å². The van der Waals surface area contributed by atoms with E-state index in [0.717, 1.165) is 11.3 Å². The smallest absolute Gasteiger partial charge is 0.274 e. The maximum absolute atomic E-state index is 12.5. The van der Waals surface area contributed by atoms with Gasteiger partial charge in [0.2, 0.25) is 0 Å². The highest BCUT2D eigenvalue weighted by Gasteiger charge is 2.15. The molecule has 8 heteroatoms. The summed E-state index contributed by atoms with van der Waals surface area (Å²) in [6.45, 7) is 2.79. The third-order valence-electron chi connectivity index (χ3n) is 4.20. The van der Waals surface area contributed by atoms with Crippen LogP contribution in [0.1, 0.15) is 16.1 Å². The van der Waals surface area contributed by atoms with Crippen LogP contribution in [0, 0.1) is 17.0 Å². The van der Waals surface area contributed by atoms with Crippen molar-refractivity contribution in [3.05, 3.63) is 82.2 Å². The van der Waals surface area contributed by atoms with Crippen molar-refractivity contribution in [3.8, 4) is 11.4 Å². The van der Waals surface area contributed by atoms with Crippen molar-refractivity contribution < 1.29 is 14.5 Å². The van der Waals surface area contributed by atoms with Gasteiger partial charge in [-0.1, -0.05) is 17.7 Å². The van der Waals surface area contributed by atoms with Gasteiger partial charge >= 0.3 is 0 Å². The minimum atomic E-state index is -0.463. The Morgan fingerprint density at radius 2 is 1.82 bits per heavy atom. The number of nitrogens with zero attached hydrogens (tertiary/aromatic N) is 4. The molecule has 0 spiro atoms. The second-order valence-electron chi connectivity index (χ2n) is 6.31. The zero-order valence-electron chi connectivity index (χ0n) is 15.6. The number of non-ortho nitro benzene ring substituents is 1. The minimum absolute atomic E-state index is 0.000478. The molecular formula is C20H20N4O4. The summed E-state index contributed by atoms with van der Waals surface area (Å²) in [5.74, 6) is 0.530. The predicted molar refractivity (Wildman–Crippen MR) is 104 cm³/mol. The Balaban J connectivity index is 1.58. The summed E-state index contributed by atoms with van der Waals surface area (Å²) in [6.07, 6.45) is 1.64. The van der Waals surface area contributed by atoms with Gasteiger partial charge in [-0.3, -0.25) is 14.9 Å². The highest BCUT2D eigenvalue weighted by atomic mass is 16.6. The molecule has 1 aromatic heterocycles. The van der Waals surface area contributed by atoms with E-state index in [1.165, 1.54) is 21.7 Å². The summed E-state index contributed by atoms with van der Waals surface area (Å²) in [7, 11) is 1.69. The summed E-state index contributed by atoms with van der Waals surface area (Å²) >= 11 is 0. The monoisotopic (exact) mass is 380 g/mol. The molecule has 0 N–H and O–H groups in total. The molecule has 2 aromatic carbocycles. The van der Waals surface area contributed by atoms with Gasteiger partial charge in [-0.25, -0.2) is 4.68 Å². The van der Waals surface area contributed by atoms with Crippen LogP contribution < -0.4 is 4.74 Å². The Labute approximate surface area is 162 Å². The molecule has 0 aliphatic heterocycles. The number of rotatable bonds is 7. The van der Waals surface area contributed by atoms with Crippen molar-refractivity contribution in [3.63, 3.8) is 0 Å². The van der Waals surface area contributed by atoms with Crippen LogP contribution in [0.5, 0.6) is 5.75 Å². The standard InChI is InChI=1S/C20H20N4O4/c1-15-3-9-18(10-4-15)28-14-13-22(2)20(25)19-11-12-23(21-19)16-5-7-17(8-6-16)24(26)27/h3-12H,13-14H2,1-2H3. The molecule has 1 amide bonds. The van der Waals surface area contributed by atoms with E-state index in [0.29, 0.717) is 18.8 Å². The number of amides is 1. The van der Waals surface area contributed by atoms with E-state index < -0.39 is 4.92 Å². The molecule has 1 heterocycles. The molecule has 3 rings (SSSR count). The van der Waals surface area contributed by atoms with E-state index in [9.17, 15) is 14.9 Å². The fourth-order valence-electron chi connectivity index (χ4n) is 2.54. The Morgan fingerprint density at radius 3 is 2.46 bits per heavy atom. The van der Waals surface area contributed by atoms with Crippen molar-refractivity contribution in [1.29, 1.82) is 0 Å². The van der Waals surface area contributed by atoms with E-state index in [2.05, 4.69) is 5.10 Å². The predicted octanol–water partition coefficient (Wildman–Crippen LogP) is 3.24. The number of nitro benzene ring substituents is 1. The first-order valence-electron chi connectivity index (χ1n) is 8.69. The molecular weight excluding hydrogens is 360 g/mol. The highest BCUT2D eigenvalue weighted by molar-refractivity contribution is 5.92. The number of nitro groups is 1. The fourth-order valence-corrected chi connectivity index (χ4v) is 2.54. The summed E-state index contributed by atoms with van der Waals surface area (Å²) in [6, 6.07) is 15.3. The van der Waals surface area contributed by atoms with E-state index in [1.54, 1.807) is 31.4 Å². The Morgan fingerprint density at radius 1 is 1.14 bits per heavy atom. The Kier molecular flexibility index (Phi) is 5.69. The maximum atomic E-state index is 12.5. The van der Waals surface area contributed by atoms with Crippen LogP contribution in [0.3, 0.4) is 0 Å². The van der Waals surface area contributed by atoms with Crippen molar-refractivity contribution in [1.82, 2.24) is 14.7 Å². The molecule has 0 aliphatic rings. The van der Waals surface area contributed by atoms with Crippen molar-refractivity contribution >= 4 is 11.6 Å². The van der Waals surface area contributed by atoms with Gasteiger partial charge in [0.25, 0.3) is 11.6 Å². The quantitative estimate of drug-likeness (QED) is 0.464. The van der Waals surface area contributed by atoms with Gasteiger partial charge in [0.05, 0.1) is 17.2 Å². The number of carbonyl (C=O) groups is 1. The highest BCUT2D eigenvalue weighted by Crippen LogP contribution is 2.15. The van der Waals surface area contributed by atoms with Crippen LogP contribution >= 0.6 is 0 Å². The first-order valence-corrected chi connectivity index (χ1v) is 8.69. The number of carbonyl (C=O) groups excluding carboxylic acids is 1. The average Bonchev–Trinajstić information content (AvgIpc) is 3.19. The lowest BCUT2D eigenvalue weighted by Gasteiger charge is -2.16. The van der Waals surface area contributed by atoms with Crippen LogP contribution in [0.25, 0.3) is 5.69 Å². The van der Waals surface area contributed by atoms with Crippen molar-refractivity contribution in [2.45, 2.75) is 6.92 Å². The molecule has 3 aromatic rings. The Bertz CT molecular complexity index is 965. The lowest BCUT2D eigenvalue weighted by molar-refractivity contribution is -0.384. The SMILES string of the molecule is Cc1ccc(OCCN(C)C(=O)c2ccn(-c3ccc([N+](=O)[O-])cc3)n2)cc1. The van der Waals surface area contributed by atoms with Gasteiger partial charge in [-0.15, -0.1) is 0 Å². The lowest BCUT2D eigenvalue weighted by Crippen LogP contribution is -2.31. The number of ether oxygens (including phenoxy) is 1. The second-order valence-corrected chi connectivity index (χ2v) is 6.31. The normalized spacial score (nSPS) is 10.5. The van der Waals surface area contributed by atoms with Crippen molar-refractivity contribution in [2.24, 2.45) is 0 Å². The first kappa shape index (κ1) is 19.1. The molecule has 0 aliphatic carbocycles. The molecule has 0 atom stereocenters. The molecule has 0 saturated carbocycles. The van der Waals surface area contributed by atoms with Crippen LogP contribution in [-0.4, -0.2) is 45.7 Å². The number of hydrogen-bond donors (Lipinski definition) is 0. The van der Waals surface area contributed by atoms with Gasteiger partial charge in [0.1, 0.15) is 12.4 Å². The van der Waals surface area contributed by atoms with E-state index in [1.807, 2.05) is 31.2 Å². The topological polar surface area (TPSA) is 90.5 Å². The molecule has 0 unspecified atom stereocenters. The second kappa shape index (κ2) is 8.34. The summed E-state index contributed by atoms with van der Waals surface area (Å²) < 4.78 is 7.16. The van der Waals surface area contributed by atoms with Crippen LogP contribution in [-0.2, 0) is 0 Å².